The van der Waals surface area contributed by atoms with Crippen LogP contribution in [0.5, 0.6) is 0 Å². The summed E-state index contributed by atoms with van der Waals surface area (Å²) >= 11 is 0. The fourth-order valence-corrected chi connectivity index (χ4v) is 3.85. The summed E-state index contributed by atoms with van der Waals surface area (Å²) in [6, 6.07) is 0. The van der Waals surface area contributed by atoms with Crippen molar-refractivity contribution in [2.24, 2.45) is 17.8 Å². The second kappa shape index (κ2) is 8.32. The van der Waals surface area contributed by atoms with Crippen molar-refractivity contribution in [2.45, 2.75) is 40.5 Å². The predicted molar refractivity (Wildman–Crippen MR) is 83.8 cm³/mol. The van der Waals surface area contributed by atoms with E-state index in [0.29, 0.717) is 37.4 Å². The molecule has 0 aromatic rings. The first-order valence-corrected chi connectivity index (χ1v) is 9.20. The molecule has 5 nitrogen and oxygen atoms in total. The fourth-order valence-electron chi connectivity index (χ4n) is 2.35. The summed E-state index contributed by atoms with van der Waals surface area (Å²) in [6.07, 6.45) is 2.07. The Kier molecular flexibility index (Phi) is 7.43. The first-order chi connectivity index (χ1) is 9.31. The molecule has 0 aromatic heterocycles. The van der Waals surface area contributed by atoms with E-state index in [-0.39, 0.29) is 0 Å². The van der Waals surface area contributed by atoms with Gasteiger partial charge in [0.15, 0.2) is 0 Å². The van der Waals surface area contributed by atoms with Crippen LogP contribution in [0.15, 0.2) is 0 Å². The van der Waals surface area contributed by atoms with Crippen LogP contribution in [0.2, 0.25) is 0 Å². The molecule has 0 aliphatic carbocycles. The third-order valence-corrected chi connectivity index (χ3v) is 5.02. The lowest BCUT2D eigenvalue weighted by atomic mass is 9.99. The number of rotatable bonds is 8. The monoisotopic (exact) mass is 305 g/mol. The normalized spacial score (nSPS) is 21.8. The zero-order valence-corrected chi connectivity index (χ0v) is 14.2. The van der Waals surface area contributed by atoms with Gasteiger partial charge in [-0.05, 0) is 43.7 Å². The van der Waals surface area contributed by atoms with E-state index in [0.717, 1.165) is 25.9 Å². The third kappa shape index (κ3) is 6.52. The van der Waals surface area contributed by atoms with Crippen LogP contribution in [0.4, 0.5) is 0 Å². The average molecular weight is 305 g/mol. The Morgan fingerprint density at radius 1 is 1.15 bits per heavy atom. The van der Waals surface area contributed by atoms with Crippen molar-refractivity contribution >= 4 is 10.2 Å². The van der Waals surface area contributed by atoms with Gasteiger partial charge in [-0.25, -0.2) is 4.72 Å². The Labute approximate surface area is 124 Å². The van der Waals surface area contributed by atoms with Gasteiger partial charge in [0.05, 0.1) is 0 Å². The van der Waals surface area contributed by atoms with E-state index in [9.17, 15) is 8.42 Å². The predicted octanol–water partition coefficient (Wildman–Crippen LogP) is 1.43. The van der Waals surface area contributed by atoms with Crippen LogP contribution in [0.25, 0.3) is 0 Å². The molecule has 20 heavy (non-hydrogen) atoms. The Hall–Kier alpha value is -0.170. The maximum absolute atomic E-state index is 12.2. The van der Waals surface area contributed by atoms with E-state index in [1.54, 1.807) is 4.31 Å². The molecule has 2 N–H and O–H groups in total. The van der Waals surface area contributed by atoms with Gasteiger partial charge in [0.25, 0.3) is 10.2 Å². The molecule has 0 aromatic carbocycles. The Morgan fingerprint density at radius 3 is 2.40 bits per heavy atom. The highest BCUT2D eigenvalue weighted by atomic mass is 32.2. The van der Waals surface area contributed by atoms with Gasteiger partial charge in [-0.2, -0.15) is 12.7 Å². The van der Waals surface area contributed by atoms with E-state index >= 15 is 0 Å². The molecule has 1 saturated heterocycles. The molecule has 6 heteroatoms. The minimum Gasteiger partial charge on any atom is -0.316 e. The quantitative estimate of drug-likeness (QED) is 0.713. The zero-order valence-electron chi connectivity index (χ0n) is 13.4. The molecule has 0 amide bonds. The van der Waals surface area contributed by atoms with Crippen molar-refractivity contribution in [3.8, 4) is 0 Å². The number of hydrogen-bond acceptors (Lipinski definition) is 3. The minimum absolute atomic E-state index is 0.332. The van der Waals surface area contributed by atoms with Gasteiger partial charge in [0.2, 0.25) is 0 Å². The van der Waals surface area contributed by atoms with Crippen LogP contribution in [0.1, 0.15) is 40.5 Å². The van der Waals surface area contributed by atoms with Gasteiger partial charge < -0.3 is 5.32 Å². The van der Waals surface area contributed by atoms with Crippen LogP contribution in [-0.2, 0) is 10.2 Å². The molecule has 1 aliphatic rings. The molecule has 1 heterocycles. The smallest absolute Gasteiger partial charge is 0.279 e. The lowest BCUT2D eigenvalue weighted by Gasteiger charge is -2.32. The Bertz CT molecular complexity index is 369. The first-order valence-electron chi connectivity index (χ1n) is 7.76. The van der Waals surface area contributed by atoms with Crippen molar-refractivity contribution in [1.82, 2.24) is 14.3 Å². The van der Waals surface area contributed by atoms with Crippen LogP contribution in [-0.4, -0.2) is 45.4 Å². The molecule has 0 spiro atoms. The van der Waals surface area contributed by atoms with Gasteiger partial charge in [0.1, 0.15) is 0 Å². The summed E-state index contributed by atoms with van der Waals surface area (Å²) < 4.78 is 28.7. The van der Waals surface area contributed by atoms with E-state index < -0.39 is 10.2 Å². The lowest BCUT2D eigenvalue weighted by molar-refractivity contribution is 0.255. The van der Waals surface area contributed by atoms with Gasteiger partial charge in [-0.3, -0.25) is 0 Å². The number of nitrogens with one attached hydrogen (secondary N) is 2. The highest BCUT2D eigenvalue weighted by Crippen LogP contribution is 2.18. The van der Waals surface area contributed by atoms with Gasteiger partial charge in [-0.15, -0.1) is 0 Å². The van der Waals surface area contributed by atoms with E-state index in [4.69, 9.17) is 0 Å². The first kappa shape index (κ1) is 17.9. The second-order valence-corrected chi connectivity index (χ2v) is 8.42. The lowest BCUT2D eigenvalue weighted by Crippen LogP contribution is -2.48. The van der Waals surface area contributed by atoms with Crippen molar-refractivity contribution in [3.05, 3.63) is 0 Å². The fraction of sp³-hybridized carbons (Fsp3) is 1.00. The summed E-state index contributed by atoms with van der Waals surface area (Å²) in [5, 5.41) is 3.43. The maximum Gasteiger partial charge on any atom is 0.279 e. The van der Waals surface area contributed by atoms with Crippen LogP contribution in [0.3, 0.4) is 0 Å². The van der Waals surface area contributed by atoms with Gasteiger partial charge in [-0.1, -0.05) is 27.7 Å². The van der Waals surface area contributed by atoms with Crippen molar-refractivity contribution in [1.29, 1.82) is 0 Å². The topological polar surface area (TPSA) is 61.4 Å². The molecular formula is C14H31N3O2S. The molecule has 0 saturated carbocycles. The van der Waals surface area contributed by atoms with E-state index in [1.807, 2.05) is 13.8 Å². The largest absolute Gasteiger partial charge is 0.316 e. The number of nitrogens with zero attached hydrogens (tertiary/aromatic N) is 1. The summed E-state index contributed by atoms with van der Waals surface area (Å²) in [5.74, 6) is 1.39. The highest BCUT2D eigenvalue weighted by molar-refractivity contribution is 7.87. The summed E-state index contributed by atoms with van der Waals surface area (Å²) in [6.45, 7) is 12.1. The molecule has 1 atom stereocenters. The summed E-state index contributed by atoms with van der Waals surface area (Å²) in [7, 11) is -3.30. The molecule has 0 bridgehead atoms. The molecule has 1 rings (SSSR count). The average Bonchev–Trinajstić information content (AvgIpc) is 2.36. The molecule has 1 unspecified atom stereocenters. The zero-order chi connectivity index (χ0) is 15.2. The summed E-state index contributed by atoms with van der Waals surface area (Å²) in [4.78, 5) is 0. The third-order valence-electron chi connectivity index (χ3n) is 3.48. The Morgan fingerprint density at radius 2 is 1.80 bits per heavy atom. The molecule has 120 valence electrons. The SMILES string of the molecule is CC(C)CNCC1CCCN(S(=O)(=O)NCC(C)C)C1. The number of piperidine rings is 1. The van der Waals surface area contributed by atoms with Crippen molar-refractivity contribution in [2.75, 3.05) is 32.7 Å². The molecule has 1 aliphatic heterocycles. The highest BCUT2D eigenvalue weighted by Gasteiger charge is 2.28. The standard InChI is InChI=1S/C14H31N3O2S/c1-12(2)8-15-10-14-6-5-7-17(11-14)20(18,19)16-9-13(3)4/h12-16H,5-11H2,1-4H3. The number of hydrogen-bond donors (Lipinski definition) is 2. The maximum atomic E-state index is 12.2. The Balaban J connectivity index is 2.43. The molecule has 0 radical (unpaired) electrons. The van der Waals surface area contributed by atoms with E-state index in [1.165, 1.54) is 0 Å². The van der Waals surface area contributed by atoms with Gasteiger partial charge in [0, 0.05) is 19.6 Å². The van der Waals surface area contributed by atoms with Crippen LogP contribution >= 0.6 is 0 Å². The second-order valence-electron chi connectivity index (χ2n) is 6.67. The molecule has 1 fully saturated rings. The summed E-state index contributed by atoms with van der Waals surface area (Å²) in [5.41, 5.74) is 0. The van der Waals surface area contributed by atoms with Crippen molar-refractivity contribution < 1.29 is 8.42 Å². The van der Waals surface area contributed by atoms with Crippen molar-refractivity contribution in [3.63, 3.8) is 0 Å². The van der Waals surface area contributed by atoms with Gasteiger partial charge >= 0.3 is 0 Å². The molecular weight excluding hydrogens is 274 g/mol. The van der Waals surface area contributed by atoms with Crippen LogP contribution < -0.4 is 10.0 Å². The minimum atomic E-state index is -3.30. The van der Waals surface area contributed by atoms with E-state index in [2.05, 4.69) is 23.9 Å². The van der Waals surface area contributed by atoms with Crippen LogP contribution in [0, 0.1) is 17.8 Å².